The van der Waals surface area contributed by atoms with Crippen molar-refractivity contribution in [2.75, 3.05) is 10.6 Å². The molecule has 0 aliphatic rings. The zero-order valence-corrected chi connectivity index (χ0v) is 14.5. The number of amides is 1. The average Bonchev–Trinajstić information content (AvgIpc) is 3.00. The molecule has 0 saturated heterocycles. The summed E-state index contributed by atoms with van der Waals surface area (Å²) in [7, 11) is 1.78. The van der Waals surface area contributed by atoms with Gasteiger partial charge in [-0.3, -0.25) is 9.48 Å². The number of nitrogens with two attached hydrogens (primary N) is 1. The van der Waals surface area contributed by atoms with Gasteiger partial charge < -0.3 is 16.4 Å². The van der Waals surface area contributed by atoms with E-state index < -0.39 is 11.7 Å². The number of nitrogens with one attached hydrogen (secondary N) is 2. The molecule has 0 unspecified atom stereocenters. The fourth-order valence-electron chi connectivity index (χ4n) is 2.23. The van der Waals surface area contributed by atoms with Crippen LogP contribution in [-0.2, 0) is 13.6 Å². The lowest BCUT2D eigenvalue weighted by atomic mass is 10.2. The van der Waals surface area contributed by atoms with Gasteiger partial charge in [0.25, 0.3) is 5.91 Å². The van der Waals surface area contributed by atoms with E-state index in [4.69, 9.17) is 17.3 Å². The minimum Gasteiger partial charge on any atom is -0.365 e. The zero-order chi connectivity index (χ0) is 18.7. The van der Waals surface area contributed by atoms with E-state index in [1.807, 2.05) is 0 Å². The minimum atomic E-state index is -0.689. The third kappa shape index (κ3) is 4.06. The SMILES string of the molecule is Cn1cc(Nc2ncc(C(N)=O)c(NCc3cc(F)ccc3Cl)n2)cn1. The van der Waals surface area contributed by atoms with E-state index in [1.165, 1.54) is 24.4 Å². The molecule has 10 heteroatoms. The summed E-state index contributed by atoms with van der Waals surface area (Å²) in [6, 6.07) is 4.02. The minimum absolute atomic E-state index is 0.106. The second-order valence-corrected chi connectivity index (χ2v) is 5.84. The Hall–Kier alpha value is -3.20. The van der Waals surface area contributed by atoms with Crippen LogP contribution in [0.1, 0.15) is 15.9 Å². The van der Waals surface area contributed by atoms with Crippen molar-refractivity contribution in [3.63, 3.8) is 0 Å². The molecule has 3 rings (SSSR count). The van der Waals surface area contributed by atoms with Crippen molar-refractivity contribution >= 4 is 35.0 Å². The van der Waals surface area contributed by atoms with Crippen molar-refractivity contribution in [2.24, 2.45) is 12.8 Å². The normalized spacial score (nSPS) is 10.6. The summed E-state index contributed by atoms with van der Waals surface area (Å²) >= 11 is 6.05. The number of aryl methyl sites for hydroxylation is 1. The monoisotopic (exact) mass is 375 g/mol. The van der Waals surface area contributed by atoms with E-state index in [0.717, 1.165) is 0 Å². The van der Waals surface area contributed by atoms with Gasteiger partial charge in [-0.05, 0) is 23.8 Å². The lowest BCUT2D eigenvalue weighted by Gasteiger charge is -2.12. The number of benzene rings is 1. The molecule has 1 aromatic carbocycles. The largest absolute Gasteiger partial charge is 0.365 e. The first-order valence-electron chi connectivity index (χ1n) is 7.52. The predicted octanol–water partition coefficient (Wildman–Crippen LogP) is 2.46. The summed E-state index contributed by atoms with van der Waals surface area (Å²) in [6.07, 6.45) is 4.65. The Morgan fingerprint density at radius 2 is 2.19 bits per heavy atom. The van der Waals surface area contributed by atoms with Crippen molar-refractivity contribution in [1.29, 1.82) is 0 Å². The van der Waals surface area contributed by atoms with Crippen LogP contribution in [0.25, 0.3) is 0 Å². The molecule has 0 aliphatic heterocycles. The van der Waals surface area contributed by atoms with Crippen molar-refractivity contribution in [3.05, 3.63) is 58.8 Å². The van der Waals surface area contributed by atoms with Crippen LogP contribution >= 0.6 is 11.6 Å². The van der Waals surface area contributed by atoms with Crippen LogP contribution in [0.3, 0.4) is 0 Å². The Bertz CT molecular complexity index is 960. The van der Waals surface area contributed by atoms with Crippen LogP contribution in [0.4, 0.5) is 21.8 Å². The number of anilines is 3. The standard InChI is InChI=1S/C16H15ClFN7O/c1-25-8-11(6-22-25)23-16-21-7-12(14(19)26)15(24-16)20-5-9-4-10(18)2-3-13(9)17/h2-4,6-8H,5H2,1H3,(H2,19,26)(H2,20,21,23,24). The number of carbonyl (C=O) groups is 1. The van der Waals surface area contributed by atoms with Gasteiger partial charge in [0.15, 0.2) is 0 Å². The summed E-state index contributed by atoms with van der Waals surface area (Å²) in [5, 5.41) is 10.3. The molecule has 0 radical (unpaired) electrons. The Kier molecular flexibility index (Phi) is 4.99. The molecule has 1 amide bonds. The molecule has 3 aromatic rings. The Morgan fingerprint density at radius 3 is 2.88 bits per heavy atom. The number of carbonyl (C=O) groups excluding carboxylic acids is 1. The molecule has 26 heavy (non-hydrogen) atoms. The van der Waals surface area contributed by atoms with Gasteiger partial charge in [0.05, 0.1) is 17.4 Å². The van der Waals surface area contributed by atoms with Gasteiger partial charge in [-0.2, -0.15) is 10.1 Å². The van der Waals surface area contributed by atoms with Crippen LogP contribution < -0.4 is 16.4 Å². The van der Waals surface area contributed by atoms with Gasteiger partial charge in [0.1, 0.15) is 11.6 Å². The number of hydrogen-bond donors (Lipinski definition) is 3. The highest BCUT2D eigenvalue weighted by Gasteiger charge is 2.13. The molecular weight excluding hydrogens is 361 g/mol. The molecular formula is C16H15ClFN7O. The number of primary amides is 1. The molecule has 8 nitrogen and oxygen atoms in total. The van der Waals surface area contributed by atoms with Gasteiger partial charge in [0.2, 0.25) is 5.95 Å². The molecule has 0 spiro atoms. The summed E-state index contributed by atoms with van der Waals surface area (Å²) in [5.41, 5.74) is 6.67. The van der Waals surface area contributed by atoms with Gasteiger partial charge in [-0.15, -0.1) is 0 Å². The van der Waals surface area contributed by atoms with Crippen molar-refractivity contribution < 1.29 is 9.18 Å². The van der Waals surface area contributed by atoms with E-state index >= 15 is 0 Å². The fourth-order valence-corrected chi connectivity index (χ4v) is 2.41. The Labute approximate surface area is 153 Å². The van der Waals surface area contributed by atoms with Gasteiger partial charge in [-0.25, -0.2) is 9.37 Å². The maximum absolute atomic E-state index is 13.4. The molecule has 134 valence electrons. The molecule has 0 fully saturated rings. The summed E-state index contributed by atoms with van der Waals surface area (Å²) < 4.78 is 15.0. The number of hydrogen-bond acceptors (Lipinski definition) is 6. The first-order chi connectivity index (χ1) is 12.4. The maximum atomic E-state index is 13.4. The van der Waals surface area contributed by atoms with Crippen LogP contribution in [0, 0.1) is 5.82 Å². The third-order valence-electron chi connectivity index (χ3n) is 3.47. The number of aromatic nitrogens is 4. The van der Waals surface area contributed by atoms with E-state index in [0.29, 0.717) is 16.3 Å². The van der Waals surface area contributed by atoms with E-state index in [-0.39, 0.29) is 23.9 Å². The highest BCUT2D eigenvalue weighted by Crippen LogP contribution is 2.21. The molecule has 0 bridgehead atoms. The van der Waals surface area contributed by atoms with Crippen LogP contribution in [0.5, 0.6) is 0 Å². The quantitative estimate of drug-likeness (QED) is 0.610. The van der Waals surface area contributed by atoms with Crippen LogP contribution in [0.15, 0.2) is 36.8 Å². The highest BCUT2D eigenvalue weighted by atomic mass is 35.5. The maximum Gasteiger partial charge on any atom is 0.254 e. The summed E-state index contributed by atoms with van der Waals surface area (Å²) in [5.74, 6) is -0.649. The fraction of sp³-hybridized carbons (Fsp3) is 0.125. The zero-order valence-electron chi connectivity index (χ0n) is 13.7. The van der Waals surface area contributed by atoms with Crippen LogP contribution in [0.2, 0.25) is 5.02 Å². The first-order valence-corrected chi connectivity index (χ1v) is 7.90. The number of halogens is 2. The van der Waals surface area contributed by atoms with E-state index in [9.17, 15) is 9.18 Å². The van der Waals surface area contributed by atoms with Crippen molar-refractivity contribution in [1.82, 2.24) is 19.7 Å². The number of nitrogens with zero attached hydrogens (tertiary/aromatic N) is 4. The Morgan fingerprint density at radius 1 is 1.38 bits per heavy atom. The molecule has 0 atom stereocenters. The molecule has 2 aromatic heterocycles. The lowest BCUT2D eigenvalue weighted by molar-refractivity contribution is 0.100. The second kappa shape index (κ2) is 7.36. The predicted molar refractivity (Wildman–Crippen MR) is 95.8 cm³/mol. The van der Waals surface area contributed by atoms with Crippen LogP contribution in [-0.4, -0.2) is 25.7 Å². The second-order valence-electron chi connectivity index (χ2n) is 5.44. The third-order valence-corrected chi connectivity index (χ3v) is 3.84. The topological polar surface area (TPSA) is 111 Å². The molecule has 4 N–H and O–H groups in total. The van der Waals surface area contributed by atoms with Gasteiger partial charge >= 0.3 is 0 Å². The lowest BCUT2D eigenvalue weighted by Crippen LogP contribution is -2.17. The molecule has 0 aliphatic carbocycles. The van der Waals surface area contributed by atoms with Crippen molar-refractivity contribution in [2.45, 2.75) is 6.54 Å². The van der Waals surface area contributed by atoms with Gasteiger partial charge in [-0.1, -0.05) is 11.6 Å². The number of rotatable bonds is 6. The van der Waals surface area contributed by atoms with E-state index in [1.54, 1.807) is 24.1 Å². The first kappa shape index (κ1) is 17.6. The average molecular weight is 376 g/mol. The van der Waals surface area contributed by atoms with Crippen molar-refractivity contribution in [3.8, 4) is 0 Å². The summed E-state index contributed by atoms with van der Waals surface area (Å²) in [4.78, 5) is 19.9. The molecule has 0 saturated carbocycles. The van der Waals surface area contributed by atoms with E-state index in [2.05, 4.69) is 25.7 Å². The smallest absolute Gasteiger partial charge is 0.254 e. The molecule has 2 heterocycles. The Balaban J connectivity index is 1.84. The highest BCUT2D eigenvalue weighted by molar-refractivity contribution is 6.31. The van der Waals surface area contributed by atoms with Gasteiger partial charge in [0, 0.05) is 31.0 Å². The summed E-state index contributed by atoms with van der Waals surface area (Å²) in [6.45, 7) is 0.153.